The number of ether oxygens (including phenoxy) is 1. The van der Waals surface area contributed by atoms with Crippen LogP contribution in [0.1, 0.15) is 48.0 Å². The lowest BCUT2D eigenvalue weighted by Gasteiger charge is -2.22. The van der Waals surface area contributed by atoms with Crippen molar-refractivity contribution in [2.75, 3.05) is 0 Å². The van der Waals surface area contributed by atoms with Gasteiger partial charge in [-0.1, -0.05) is 13.8 Å². The smallest absolute Gasteiger partial charge is 0.316 e. The van der Waals surface area contributed by atoms with Crippen molar-refractivity contribution in [3.8, 4) is 0 Å². The Kier molecular flexibility index (Phi) is 4.98. The fraction of sp³-hybridized carbons (Fsp3) is 0.833. The molecule has 0 aliphatic heterocycles. The maximum atomic E-state index is 11.7. The molecule has 0 fully saturated rings. The van der Waals surface area contributed by atoms with E-state index in [2.05, 4.69) is 0 Å². The van der Waals surface area contributed by atoms with Crippen LogP contribution < -0.4 is 0 Å². The minimum absolute atomic E-state index is 0.0354. The number of rotatable bonds is 4. The highest BCUT2D eigenvalue weighted by Crippen LogP contribution is 2.16. The lowest BCUT2D eigenvalue weighted by molar-refractivity contribution is -0.162. The van der Waals surface area contributed by atoms with E-state index in [0.717, 1.165) is 6.42 Å². The molecule has 0 saturated carbocycles. The van der Waals surface area contributed by atoms with Gasteiger partial charge < -0.3 is 4.74 Å². The van der Waals surface area contributed by atoms with Crippen molar-refractivity contribution in [3.63, 3.8) is 0 Å². The molecule has 0 rings (SSSR count). The van der Waals surface area contributed by atoms with Crippen molar-refractivity contribution in [1.82, 2.24) is 0 Å². The van der Waals surface area contributed by atoms with Gasteiger partial charge in [-0.3, -0.25) is 9.59 Å². The average molecular weight is 214 g/mol. The van der Waals surface area contributed by atoms with Crippen molar-refractivity contribution >= 4 is 11.8 Å². The first-order valence-electron chi connectivity index (χ1n) is 5.45. The summed E-state index contributed by atoms with van der Waals surface area (Å²) < 4.78 is 5.16. The third kappa shape index (κ3) is 4.96. The Bertz CT molecular complexity index is 238. The second-order valence-corrected chi connectivity index (χ2v) is 4.97. The van der Waals surface area contributed by atoms with Gasteiger partial charge in [-0.05, 0) is 34.1 Å². The fourth-order valence-corrected chi connectivity index (χ4v) is 1.13. The Labute approximate surface area is 92.2 Å². The molecule has 0 amide bonds. The molecule has 0 N–H and O–H groups in total. The molecule has 0 aromatic carbocycles. The van der Waals surface area contributed by atoms with Gasteiger partial charge >= 0.3 is 5.97 Å². The van der Waals surface area contributed by atoms with Crippen LogP contribution in [0, 0.1) is 11.8 Å². The van der Waals surface area contributed by atoms with Crippen LogP contribution in [-0.4, -0.2) is 17.4 Å². The minimum atomic E-state index is -0.654. The number of carbonyl (C=O) groups is 2. The third-order valence-corrected chi connectivity index (χ3v) is 2.29. The van der Waals surface area contributed by atoms with E-state index in [0.29, 0.717) is 0 Å². The molecule has 2 unspecified atom stereocenters. The fourth-order valence-electron chi connectivity index (χ4n) is 1.13. The molecular weight excluding hydrogens is 192 g/mol. The number of Topliss-reactive ketones (excluding diaryl/α,β-unsaturated/α-hetero) is 1. The number of ketones is 1. The summed E-state index contributed by atoms with van der Waals surface area (Å²) in [5.74, 6) is -1.19. The molecular formula is C12H22O3. The summed E-state index contributed by atoms with van der Waals surface area (Å²) in [4.78, 5) is 23.3. The minimum Gasteiger partial charge on any atom is -0.459 e. The molecule has 0 aliphatic rings. The standard InChI is InChI=1S/C12H22O3/c1-7-8(2)10(13)9(3)11(14)15-12(4,5)6/h8-9H,7H2,1-6H3. The Morgan fingerprint density at radius 3 is 2.00 bits per heavy atom. The Hall–Kier alpha value is -0.860. The van der Waals surface area contributed by atoms with E-state index in [1.165, 1.54) is 0 Å². The van der Waals surface area contributed by atoms with Crippen molar-refractivity contribution in [1.29, 1.82) is 0 Å². The molecule has 0 spiro atoms. The lowest BCUT2D eigenvalue weighted by Crippen LogP contribution is -2.33. The van der Waals surface area contributed by atoms with E-state index in [1.54, 1.807) is 27.7 Å². The summed E-state index contributed by atoms with van der Waals surface area (Å²) in [7, 11) is 0. The molecule has 0 bridgehead atoms. The molecule has 0 radical (unpaired) electrons. The van der Waals surface area contributed by atoms with Crippen molar-refractivity contribution in [3.05, 3.63) is 0 Å². The summed E-state index contributed by atoms with van der Waals surface area (Å²) in [5, 5.41) is 0. The molecule has 2 atom stereocenters. The van der Waals surface area contributed by atoms with E-state index < -0.39 is 17.5 Å². The van der Waals surface area contributed by atoms with Crippen LogP contribution in [0.3, 0.4) is 0 Å². The Balaban J connectivity index is 4.39. The largest absolute Gasteiger partial charge is 0.459 e. The van der Waals surface area contributed by atoms with Gasteiger partial charge in [0.25, 0.3) is 0 Å². The number of hydrogen-bond acceptors (Lipinski definition) is 3. The van der Waals surface area contributed by atoms with Crippen LogP contribution in [0.15, 0.2) is 0 Å². The monoisotopic (exact) mass is 214 g/mol. The molecule has 0 saturated heterocycles. The average Bonchev–Trinajstić information content (AvgIpc) is 2.11. The van der Waals surface area contributed by atoms with Gasteiger partial charge in [0.1, 0.15) is 17.3 Å². The normalized spacial score (nSPS) is 15.6. The summed E-state index contributed by atoms with van der Waals surface area (Å²) in [5.41, 5.74) is -0.527. The van der Waals surface area contributed by atoms with Gasteiger partial charge in [-0.15, -0.1) is 0 Å². The lowest BCUT2D eigenvalue weighted by atomic mass is 9.93. The van der Waals surface area contributed by atoms with Gasteiger partial charge in [0, 0.05) is 5.92 Å². The van der Waals surface area contributed by atoms with E-state index in [9.17, 15) is 9.59 Å². The molecule has 3 nitrogen and oxygen atoms in total. The van der Waals surface area contributed by atoms with Gasteiger partial charge in [0.15, 0.2) is 0 Å². The highest BCUT2D eigenvalue weighted by molar-refractivity contribution is 5.99. The predicted octanol–water partition coefficient (Wildman–Crippen LogP) is 2.58. The summed E-state index contributed by atoms with van der Waals surface area (Å²) in [6.07, 6.45) is 0.756. The maximum Gasteiger partial charge on any atom is 0.316 e. The molecule has 0 aromatic heterocycles. The van der Waals surface area contributed by atoms with Crippen LogP contribution >= 0.6 is 0 Å². The zero-order valence-corrected chi connectivity index (χ0v) is 10.6. The molecule has 15 heavy (non-hydrogen) atoms. The van der Waals surface area contributed by atoms with Gasteiger partial charge in [-0.2, -0.15) is 0 Å². The molecule has 88 valence electrons. The topological polar surface area (TPSA) is 43.4 Å². The molecule has 0 heterocycles. The number of hydrogen-bond donors (Lipinski definition) is 0. The zero-order chi connectivity index (χ0) is 12.2. The van der Waals surface area contributed by atoms with E-state index in [4.69, 9.17) is 4.74 Å². The Morgan fingerprint density at radius 1 is 1.20 bits per heavy atom. The second-order valence-electron chi connectivity index (χ2n) is 4.97. The molecule has 0 aromatic rings. The van der Waals surface area contributed by atoms with Crippen molar-refractivity contribution in [2.24, 2.45) is 11.8 Å². The Morgan fingerprint density at radius 2 is 1.67 bits per heavy atom. The van der Waals surface area contributed by atoms with Crippen LogP contribution in [0.4, 0.5) is 0 Å². The SMILES string of the molecule is CCC(C)C(=O)C(C)C(=O)OC(C)(C)C. The highest BCUT2D eigenvalue weighted by Gasteiger charge is 2.29. The van der Waals surface area contributed by atoms with Crippen LogP contribution in [0.5, 0.6) is 0 Å². The van der Waals surface area contributed by atoms with E-state index >= 15 is 0 Å². The first-order valence-corrected chi connectivity index (χ1v) is 5.45. The highest BCUT2D eigenvalue weighted by atomic mass is 16.6. The molecule has 3 heteroatoms. The first kappa shape index (κ1) is 14.1. The number of carbonyl (C=O) groups excluding carboxylic acids is 2. The van der Waals surface area contributed by atoms with Crippen LogP contribution in [-0.2, 0) is 14.3 Å². The van der Waals surface area contributed by atoms with E-state index in [1.807, 2.05) is 13.8 Å². The van der Waals surface area contributed by atoms with E-state index in [-0.39, 0.29) is 11.7 Å². The number of esters is 1. The first-order chi connectivity index (χ1) is 6.69. The van der Waals surface area contributed by atoms with Crippen LogP contribution in [0.25, 0.3) is 0 Å². The van der Waals surface area contributed by atoms with Crippen LogP contribution in [0.2, 0.25) is 0 Å². The summed E-state index contributed by atoms with van der Waals surface area (Å²) >= 11 is 0. The predicted molar refractivity (Wildman–Crippen MR) is 59.5 cm³/mol. The van der Waals surface area contributed by atoms with Gasteiger partial charge in [-0.25, -0.2) is 0 Å². The van der Waals surface area contributed by atoms with Gasteiger partial charge in [0.2, 0.25) is 0 Å². The van der Waals surface area contributed by atoms with Crippen molar-refractivity contribution in [2.45, 2.75) is 53.6 Å². The van der Waals surface area contributed by atoms with Gasteiger partial charge in [0.05, 0.1) is 0 Å². The summed E-state index contributed by atoms with van der Waals surface area (Å²) in [6, 6.07) is 0. The third-order valence-electron chi connectivity index (χ3n) is 2.29. The molecule has 0 aliphatic carbocycles. The van der Waals surface area contributed by atoms with Crippen molar-refractivity contribution < 1.29 is 14.3 Å². The second kappa shape index (κ2) is 5.29. The maximum absolute atomic E-state index is 11.7. The quantitative estimate of drug-likeness (QED) is 0.533. The summed E-state index contributed by atoms with van der Waals surface area (Å²) in [6.45, 7) is 10.8. The zero-order valence-electron chi connectivity index (χ0n) is 10.6.